The summed E-state index contributed by atoms with van der Waals surface area (Å²) < 4.78 is 2.08. The number of nitrogens with zero attached hydrogens (tertiary/aromatic N) is 5. The Balaban J connectivity index is 2.15. The second-order valence-corrected chi connectivity index (χ2v) is 6.92. The number of thioether (sulfide) groups is 1. The van der Waals surface area contributed by atoms with Gasteiger partial charge in [-0.05, 0) is 29.7 Å². The Morgan fingerprint density at radius 1 is 1.16 bits per heavy atom. The van der Waals surface area contributed by atoms with Crippen molar-refractivity contribution in [1.29, 1.82) is 5.26 Å². The number of para-hydroxylation sites is 1. The molecule has 3 aromatic rings. The van der Waals surface area contributed by atoms with Crippen LogP contribution in [0.4, 0.5) is 0 Å². The molecule has 3 rings (SSSR count). The van der Waals surface area contributed by atoms with E-state index in [4.69, 9.17) is 5.26 Å². The Bertz CT molecular complexity index is 880. The molecule has 0 unspecified atom stereocenters. The Kier molecular flexibility index (Phi) is 5.46. The largest absolute Gasteiger partial charge is 0.270 e. The van der Waals surface area contributed by atoms with Crippen LogP contribution in [0.3, 0.4) is 0 Å². The summed E-state index contributed by atoms with van der Waals surface area (Å²) in [5, 5.41) is 18.4. The topological polar surface area (TPSA) is 67.4 Å². The van der Waals surface area contributed by atoms with Crippen molar-refractivity contribution in [1.82, 2.24) is 19.7 Å². The normalized spacial score (nSPS) is 10.8. The van der Waals surface area contributed by atoms with Crippen LogP contribution in [0, 0.1) is 11.3 Å². The van der Waals surface area contributed by atoms with E-state index in [-0.39, 0.29) is 0 Å². The molecule has 6 heteroatoms. The lowest BCUT2D eigenvalue weighted by Gasteiger charge is -2.16. The molecule has 25 heavy (non-hydrogen) atoms. The van der Waals surface area contributed by atoms with Gasteiger partial charge in [-0.25, -0.2) is 0 Å². The zero-order valence-electron chi connectivity index (χ0n) is 14.3. The van der Waals surface area contributed by atoms with E-state index in [1.54, 1.807) is 24.2 Å². The summed E-state index contributed by atoms with van der Waals surface area (Å²) in [5.74, 6) is 1.82. The van der Waals surface area contributed by atoms with Gasteiger partial charge in [-0.2, -0.15) is 5.26 Å². The van der Waals surface area contributed by atoms with Gasteiger partial charge in [0.05, 0.1) is 11.8 Å². The molecular weight excluding hydrogens is 330 g/mol. The highest BCUT2D eigenvalue weighted by Crippen LogP contribution is 2.31. The average molecular weight is 349 g/mol. The quantitative estimate of drug-likeness (QED) is 0.485. The van der Waals surface area contributed by atoms with Crippen molar-refractivity contribution in [3.63, 3.8) is 0 Å². The summed E-state index contributed by atoms with van der Waals surface area (Å²) in [6.07, 6.45) is 4.02. The summed E-state index contributed by atoms with van der Waals surface area (Å²) in [5.41, 5.74) is 3.22. The molecule has 2 heterocycles. The molecule has 0 amide bonds. The number of benzene rings is 1. The molecule has 0 spiro atoms. The van der Waals surface area contributed by atoms with Gasteiger partial charge in [0.1, 0.15) is 0 Å². The first-order valence-corrected chi connectivity index (χ1v) is 9.15. The minimum atomic E-state index is 0.373. The Morgan fingerprint density at radius 2 is 2.00 bits per heavy atom. The van der Waals surface area contributed by atoms with E-state index >= 15 is 0 Å². The standard InChI is InChI=1S/C19H19N5S/c1-14(2)16-8-3-4-9-17(16)24-18(15-7-5-11-21-13-15)22-23-19(24)25-12-6-10-20/h3-5,7-9,11,13-14H,6,12H2,1-2H3. The van der Waals surface area contributed by atoms with E-state index in [1.165, 1.54) is 5.56 Å². The third-order valence-corrected chi connectivity index (χ3v) is 4.73. The fourth-order valence-electron chi connectivity index (χ4n) is 2.63. The Labute approximate surface area is 151 Å². The van der Waals surface area contributed by atoms with E-state index in [1.807, 2.05) is 18.2 Å². The highest BCUT2D eigenvalue weighted by atomic mass is 32.2. The molecule has 0 atom stereocenters. The lowest BCUT2D eigenvalue weighted by molar-refractivity contribution is 0.818. The molecule has 1 aromatic carbocycles. The molecule has 126 valence electrons. The molecule has 0 fully saturated rings. The van der Waals surface area contributed by atoms with Crippen molar-refractivity contribution >= 4 is 11.8 Å². The van der Waals surface area contributed by atoms with E-state index in [0.717, 1.165) is 22.2 Å². The molecule has 0 N–H and O–H groups in total. The second-order valence-electron chi connectivity index (χ2n) is 5.85. The zero-order valence-corrected chi connectivity index (χ0v) is 15.1. The lowest BCUT2D eigenvalue weighted by atomic mass is 10.0. The molecule has 2 aromatic heterocycles. The van der Waals surface area contributed by atoms with Crippen molar-refractivity contribution in [3.8, 4) is 23.1 Å². The maximum Gasteiger partial charge on any atom is 0.196 e. The van der Waals surface area contributed by atoms with Gasteiger partial charge < -0.3 is 0 Å². The van der Waals surface area contributed by atoms with Gasteiger partial charge in [0, 0.05) is 30.1 Å². The van der Waals surface area contributed by atoms with Crippen molar-refractivity contribution in [2.24, 2.45) is 0 Å². The van der Waals surface area contributed by atoms with Gasteiger partial charge in [0.25, 0.3) is 0 Å². The van der Waals surface area contributed by atoms with Crippen molar-refractivity contribution in [3.05, 3.63) is 54.4 Å². The third kappa shape index (κ3) is 3.72. The van der Waals surface area contributed by atoms with Crippen LogP contribution in [0.2, 0.25) is 0 Å². The minimum Gasteiger partial charge on any atom is -0.270 e. The molecule has 0 saturated heterocycles. The third-order valence-electron chi connectivity index (χ3n) is 3.80. The maximum atomic E-state index is 8.82. The van der Waals surface area contributed by atoms with Crippen molar-refractivity contribution in [2.75, 3.05) is 5.75 Å². The summed E-state index contributed by atoms with van der Waals surface area (Å²) >= 11 is 1.55. The Hall–Kier alpha value is -2.65. The van der Waals surface area contributed by atoms with Crippen LogP contribution in [-0.4, -0.2) is 25.5 Å². The number of aromatic nitrogens is 4. The molecule has 0 radical (unpaired) electrons. The summed E-state index contributed by atoms with van der Waals surface area (Å²) in [4.78, 5) is 4.21. The van der Waals surface area contributed by atoms with Crippen LogP contribution >= 0.6 is 11.8 Å². The molecule has 0 aliphatic carbocycles. The zero-order chi connectivity index (χ0) is 17.6. The van der Waals surface area contributed by atoms with Crippen LogP contribution < -0.4 is 0 Å². The van der Waals surface area contributed by atoms with Gasteiger partial charge in [0.15, 0.2) is 11.0 Å². The van der Waals surface area contributed by atoms with Crippen LogP contribution in [0.5, 0.6) is 0 Å². The Morgan fingerprint density at radius 3 is 2.72 bits per heavy atom. The predicted molar refractivity (Wildman–Crippen MR) is 99.6 cm³/mol. The average Bonchev–Trinajstić information content (AvgIpc) is 3.06. The molecular formula is C19H19N5S. The van der Waals surface area contributed by atoms with Crippen LogP contribution in [0.25, 0.3) is 17.1 Å². The molecule has 0 aliphatic heterocycles. The minimum absolute atomic E-state index is 0.373. The number of hydrogen-bond donors (Lipinski definition) is 0. The number of pyridine rings is 1. The van der Waals surface area contributed by atoms with Gasteiger partial charge >= 0.3 is 0 Å². The van der Waals surface area contributed by atoms with Crippen LogP contribution in [0.1, 0.15) is 31.7 Å². The number of rotatable bonds is 6. The van der Waals surface area contributed by atoms with E-state index in [2.05, 4.69) is 57.9 Å². The van der Waals surface area contributed by atoms with Gasteiger partial charge in [-0.1, -0.05) is 43.8 Å². The molecule has 0 bridgehead atoms. The number of nitriles is 1. The fourth-order valence-corrected chi connectivity index (χ4v) is 3.42. The van der Waals surface area contributed by atoms with Gasteiger partial charge in [-0.15, -0.1) is 10.2 Å². The van der Waals surface area contributed by atoms with Crippen molar-refractivity contribution in [2.45, 2.75) is 31.3 Å². The first-order chi connectivity index (χ1) is 12.2. The van der Waals surface area contributed by atoms with E-state index in [9.17, 15) is 0 Å². The summed E-state index contributed by atoms with van der Waals surface area (Å²) in [7, 11) is 0. The summed E-state index contributed by atoms with van der Waals surface area (Å²) in [6, 6.07) is 14.4. The highest BCUT2D eigenvalue weighted by Gasteiger charge is 2.19. The van der Waals surface area contributed by atoms with Crippen LogP contribution in [0.15, 0.2) is 53.9 Å². The molecule has 5 nitrogen and oxygen atoms in total. The monoisotopic (exact) mass is 349 g/mol. The number of hydrogen-bond acceptors (Lipinski definition) is 5. The first-order valence-electron chi connectivity index (χ1n) is 8.17. The fraction of sp³-hybridized carbons (Fsp3) is 0.263. The maximum absolute atomic E-state index is 8.82. The van der Waals surface area contributed by atoms with Crippen LogP contribution in [-0.2, 0) is 0 Å². The molecule has 0 aliphatic rings. The molecule has 0 saturated carbocycles. The van der Waals surface area contributed by atoms with Gasteiger partial charge in [-0.3, -0.25) is 9.55 Å². The lowest BCUT2D eigenvalue weighted by Crippen LogP contribution is -2.05. The first kappa shape index (κ1) is 17.2. The second kappa shape index (κ2) is 7.95. The highest BCUT2D eigenvalue weighted by molar-refractivity contribution is 7.99. The van der Waals surface area contributed by atoms with Crippen molar-refractivity contribution < 1.29 is 0 Å². The van der Waals surface area contributed by atoms with Gasteiger partial charge in [0.2, 0.25) is 0 Å². The summed E-state index contributed by atoms with van der Waals surface area (Å²) in [6.45, 7) is 4.35. The van der Waals surface area contributed by atoms with E-state index < -0.39 is 0 Å². The SMILES string of the molecule is CC(C)c1ccccc1-n1c(SCCC#N)nnc1-c1cccnc1. The smallest absolute Gasteiger partial charge is 0.196 e. The predicted octanol–water partition coefficient (Wildman–Crippen LogP) is 4.46. The van der Waals surface area contributed by atoms with E-state index in [0.29, 0.717) is 18.1 Å².